The van der Waals surface area contributed by atoms with Crippen LogP contribution in [0.3, 0.4) is 0 Å². The van der Waals surface area contributed by atoms with Crippen molar-refractivity contribution in [3.05, 3.63) is 77.1 Å². The quantitative estimate of drug-likeness (QED) is 0.415. The second-order valence-electron chi connectivity index (χ2n) is 4.99. The summed E-state index contributed by atoms with van der Waals surface area (Å²) in [6.45, 7) is 7.66. The largest absolute Gasteiger partial charge is 0.456 e. The Kier molecular flexibility index (Phi) is 3.67. The maximum absolute atomic E-state index is 12.9. The maximum atomic E-state index is 12.9. The van der Waals surface area contributed by atoms with Crippen molar-refractivity contribution in [2.45, 2.75) is 12.5 Å². The predicted molar refractivity (Wildman–Crippen MR) is 90.0 cm³/mol. The van der Waals surface area contributed by atoms with Crippen LogP contribution in [-0.2, 0) is 12.5 Å². The number of hydrogen-bond acceptors (Lipinski definition) is 2. The minimum absolute atomic E-state index is 0.105. The van der Waals surface area contributed by atoms with Crippen molar-refractivity contribution in [3.63, 3.8) is 0 Å². The van der Waals surface area contributed by atoms with Crippen LogP contribution in [0.2, 0.25) is 0 Å². The average Bonchev–Trinajstić information content (AvgIpc) is 2.50. The van der Waals surface area contributed by atoms with E-state index >= 15 is 0 Å². The van der Waals surface area contributed by atoms with Gasteiger partial charge in [-0.1, -0.05) is 35.5 Å². The Balaban J connectivity index is 2.48. The molecule has 0 spiro atoms. The highest BCUT2D eigenvalue weighted by Crippen LogP contribution is 2.20. The fourth-order valence-corrected chi connectivity index (χ4v) is 5.32. The molecule has 0 aliphatic rings. The smallest absolute Gasteiger partial charge is 0.196 e. The lowest BCUT2D eigenvalue weighted by atomic mass is 10.2. The first-order valence-electron chi connectivity index (χ1n) is 6.94. The summed E-state index contributed by atoms with van der Waals surface area (Å²) in [4.78, 5) is 13.7. The van der Waals surface area contributed by atoms with Crippen molar-refractivity contribution in [1.82, 2.24) is 0 Å². The fourth-order valence-electron chi connectivity index (χ4n) is 2.72. The maximum Gasteiger partial charge on any atom is 0.196 e. The van der Waals surface area contributed by atoms with E-state index in [1.54, 1.807) is 0 Å². The van der Waals surface area contributed by atoms with Gasteiger partial charge in [-0.2, -0.15) is 0 Å². The summed E-state index contributed by atoms with van der Waals surface area (Å²) in [5, 5.41) is 1.95. The number of rotatable bonds is 4. The molecule has 0 aliphatic heterocycles. The van der Waals surface area contributed by atoms with Gasteiger partial charge in [0.15, 0.2) is 5.43 Å². The van der Waals surface area contributed by atoms with Gasteiger partial charge < -0.3 is 4.42 Å². The Morgan fingerprint density at radius 1 is 1.05 bits per heavy atom. The van der Waals surface area contributed by atoms with Crippen LogP contribution < -0.4 is 5.43 Å². The monoisotopic (exact) mass is 292 g/mol. The molecule has 0 saturated heterocycles. The van der Waals surface area contributed by atoms with Crippen molar-refractivity contribution in [1.29, 1.82) is 0 Å². The molecule has 3 heteroatoms. The zero-order valence-electron chi connectivity index (χ0n) is 11.8. The number of benzene rings is 1. The van der Waals surface area contributed by atoms with Crippen molar-refractivity contribution >= 4 is 29.9 Å². The molecule has 0 amide bonds. The van der Waals surface area contributed by atoms with Crippen LogP contribution >= 0.6 is 0 Å². The molecule has 0 fully saturated rings. The van der Waals surface area contributed by atoms with Gasteiger partial charge in [0.05, 0.1) is 13.8 Å². The van der Waals surface area contributed by atoms with E-state index in [0.29, 0.717) is 16.6 Å². The van der Waals surface area contributed by atoms with Gasteiger partial charge in [-0.3, -0.25) is 4.79 Å². The van der Waals surface area contributed by atoms with Gasteiger partial charge in [-0.15, -0.1) is 13.2 Å². The van der Waals surface area contributed by atoms with Crippen LogP contribution in [0, 0.1) is 0 Å². The van der Waals surface area contributed by atoms with Gasteiger partial charge in [0.2, 0.25) is 0 Å². The lowest BCUT2D eigenvalue weighted by molar-refractivity contribution is 0.660. The Bertz CT molecular complexity index is 906. The van der Waals surface area contributed by atoms with E-state index in [4.69, 9.17) is 4.42 Å². The summed E-state index contributed by atoms with van der Waals surface area (Å²) >= 11 is 0. The molecule has 0 atom stereocenters. The van der Waals surface area contributed by atoms with Crippen LogP contribution in [0.25, 0.3) is 21.5 Å². The zero-order valence-corrected chi connectivity index (χ0v) is 12.8. The van der Waals surface area contributed by atoms with Crippen molar-refractivity contribution < 1.29 is 4.42 Å². The Morgan fingerprint density at radius 3 is 2.62 bits per heavy atom. The summed E-state index contributed by atoms with van der Waals surface area (Å²) in [5.74, 6) is 0. The van der Waals surface area contributed by atoms with Crippen LogP contribution in [-0.4, -0.2) is 8.40 Å². The minimum Gasteiger partial charge on any atom is -0.456 e. The first-order chi connectivity index (χ1) is 10.3. The number of hydrogen-bond donors (Lipinski definition) is 0. The third-order valence-corrected chi connectivity index (χ3v) is 6.58. The molecule has 2 nitrogen and oxygen atoms in total. The fraction of sp³-hybridized carbons (Fsp3) is 0.111. The van der Waals surface area contributed by atoms with Gasteiger partial charge in [0, 0.05) is 5.00 Å². The standard InChI is InChI=1S/C18H16O2Si/c1-3-7-13-10-11-16-18(21(13)12-4-2)17(19)14-8-5-6-9-15(14)20-16/h3-6,8-11H,1-2,7,12H2. The first kappa shape index (κ1) is 13.7. The van der Waals surface area contributed by atoms with Gasteiger partial charge in [-0.25, -0.2) is 0 Å². The lowest BCUT2D eigenvalue weighted by Crippen LogP contribution is -2.15. The zero-order chi connectivity index (χ0) is 14.8. The third-order valence-electron chi connectivity index (χ3n) is 3.66. The highest BCUT2D eigenvalue weighted by molar-refractivity contribution is 6.66. The Labute approximate surface area is 124 Å². The van der Waals surface area contributed by atoms with Crippen molar-refractivity contribution in [3.8, 4) is 0 Å². The molecule has 3 rings (SSSR count). The van der Waals surface area contributed by atoms with Gasteiger partial charge in [0.1, 0.15) is 11.2 Å². The molecule has 2 aromatic heterocycles. The Morgan fingerprint density at radius 2 is 1.86 bits per heavy atom. The van der Waals surface area contributed by atoms with E-state index < -0.39 is 8.40 Å². The summed E-state index contributed by atoms with van der Waals surface area (Å²) < 4.78 is 5.93. The highest BCUT2D eigenvalue weighted by Gasteiger charge is 2.14. The average molecular weight is 292 g/mol. The summed E-state index contributed by atoms with van der Waals surface area (Å²) in [5.41, 5.74) is 1.47. The normalized spacial score (nSPS) is 10.9. The van der Waals surface area contributed by atoms with Crippen molar-refractivity contribution in [2.75, 3.05) is 0 Å². The lowest BCUT2D eigenvalue weighted by Gasteiger charge is -2.09. The highest BCUT2D eigenvalue weighted by atomic mass is 28.2. The minimum atomic E-state index is -1.14. The summed E-state index contributed by atoms with van der Waals surface area (Å²) in [7, 11) is -1.14. The number of allylic oxidation sites excluding steroid dienone is 2. The van der Waals surface area contributed by atoms with Gasteiger partial charge in [-0.05, 0) is 30.7 Å². The van der Waals surface area contributed by atoms with Gasteiger partial charge >= 0.3 is 0 Å². The molecule has 1 aromatic carbocycles. The molecule has 0 aliphatic carbocycles. The molecular formula is C18H16O2Si. The molecule has 0 bridgehead atoms. The molecule has 2 heterocycles. The van der Waals surface area contributed by atoms with E-state index in [1.807, 2.05) is 42.5 Å². The van der Waals surface area contributed by atoms with Crippen molar-refractivity contribution in [2.24, 2.45) is 0 Å². The van der Waals surface area contributed by atoms with E-state index in [1.165, 1.54) is 5.17 Å². The first-order valence-corrected chi connectivity index (χ1v) is 8.65. The van der Waals surface area contributed by atoms with E-state index in [9.17, 15) is 4.79 Å². The molecule has 21 heavy (non-hydrogen) atoms. The summed E-state index contributed by atoms with van der Waals surface area (Å²) in [6, 6.07) is 12.3. The van der Waals surface area contributed by atoms with Crippen LogP contribution in [0.1, 0.15) is 5.17 Å². The van der Waals surface area contributed by atoms with Crippen LogP contribution in [0.5, 0.6) is 0 Å². The summed E-state index contributed by atoms with van der Waals surface area (Å²) in [6.07, 6.45) is 4.60. The Hall–Kier alpha value is -2.26. The molecular weight excluding hydrogens is 276 g/mol. The molecule has 104 valence electrons. The predicted octanol–water partition coefficient (Wildman–Crippen LogP) is 3.89. The van der Waals surface area contributed by atoms with E-state index in [-0.39, 0.29) is 5.43 Å². The van der Waals surface area contributed by atoms with E-state index in [2.05, 4.69) is 19.2 Å². The molecule has 0 saturated carbocycles. The number of para-hydroxylation sites is 1. The van der Waals surface area contributed by atoms with Crippen LogP contribution in [0.4, 0.5) is 0 Å². The second-order valence-corrected chi connectivity index (χ2v) is 7.50. The molecule has 0 N–H and O–H groups in total. The van der Waals surface area contributed by atoms with E-state index in [0.717, 1.165) is 17.5 Å². The van der Waals surface area contributed by atoms with Crippen LogP contribution in [0.15, 0.2) is 70.9 Å². The number of fused-ring (bicyclic) bond motifs is 2. The third kappa shape index (κ3) is 2.30. The SMILES string of the molecule is C=CCc1ccc2oc3ccccc3c(=O)c2[si]1CC=C. The van der Waals surface area contributed by atoms with Gasteiger partial charge in [0.25, 0.3) is 0 Å². The molecule has 3 aromatic rings. The molecule has 0 unspecified atom stereocenters. The second kappa shape index (κ2) is 5.62. The topological polar surface area (TPSA) is 30.2 Å². The molecule has 0 radical (unpaired) electrons.